The predicted molar refractivity (Wildman–Crippen MR) is 113 cm³/mol. The molecule has 0 bridgehead atoms. The maximum atomic E-state index is 5.99. The van der Waals surface area contributed by atoms with Gasteiger partial charge in [-0.15, -0.1) is 0 Å². The van der Waals surface area contributed by atoms with Crippen molar-refractivity contribution >= 4 is 17.3 Å². The number of hydrogen-bond donors (Lipinski definition) is 0. The van der Waals surface area contributed by atoms with Gasteiger partial charge >= 0.3 is 0 Å². The second-order valence-electron chi connectivity index (χ2n) is 7.51. The number of benzene rings is 2. The Morgan fingerprint density at radius 3 is 2.67 bits per heavy atom. The SMILES string of the molecule is Clc1ccc(COc2ccc3c(c2)CCN=C3C=CC2CCCCC2)cc1. The Morgan fingerprint density at radius 2 is 1.85 bits per heavy atom. The average Bonchev–Trinajstić information content (AvgIpc) is 2.72. The Labute approximate surface area is 166 Å². The molecule has 1 fully saturated rings. The van der Waals surface area contributed by atoms with Crippen molar-refractivity contribution in [2.24, 2.45) is 10.9 Å². The van der Waals surface area contributed by atoms with Gasteiger partial charge in [-0.1, -0.05) is 49.1 Å². The zero-order valence-electron chi connectivity index (χ0n) is 15.7. The monoisotopic (exact) mass is 379 g/mol. The van der Waals surface area contributed by atoms with Crippen LogP contribution < -0.4 is 4.74 Å². The molecular formula is C24H26ClNO. The van der Waals surface area contributed by atoms with Crippen LogP contribution in [0.15, 0.2) is 59.6 Å². The second-order valence-corrected chi connectivity index (χ2v) is 7.94. The molecule has 4 rings (SSSR count). The number of rotatable bonds is 5. The van der Waals surface area contributed by atoms with E-state index in [0.717, 1.165) is 40.9 Å². The van der Waals surface area contributed by atoms with Crippen LogP contribution in [0.1, 0.15) is 48.8 Å². The lowest BCUT2D eigenvalue weighted by molar-refractivity contribution is 0.306. The molecule has 0 N–H and O–H groups in total. The van der Waals surface area contributed by atoms with Crippen molar-refractivity contribution in [3.63, 3.8) is 0 Å². The minimum Gasteiger partial charge on any atom is -0.489 e. The van der Waals surface area contributed by atoms with Gasteiger partial charge in [0.05, 0.1) is 5.71 Å². The molecule has 1 saturated carbocycles. The lowest BCUT2D eigenvalue weighted by Gasteiger charge is -2.19. The van der Waals surface area contributed by atoms with Crippen LogP contribution in [0, 0.1) is 5.92 Å². The molecule has 2 aromatic carbocycles. The van der Waals surface area contributed by atoms with E-state index in [9.17, 15) is 0 Å². The third-order valence-electron chi connectivity index (χ3n) is 5.51. The van der Waals surface area contributed by atoms with E-state index in [-0.39, 0.29) is 0 Å². The molecule has 2 aliphatic rings. The standard InChI is InChI=1S/C24H26ClNO/c25-21-9-6-19(7-10-21)17-27-22-11-12-23-20(16-22)14-15-26-24(23)13-8-18-4-2-1-3-5-18/h6-13,16,18H,1-5,14-15,17H2. The highest BCUT2D eigenvalue weighted by molar-refractivity contribution is 6.30. The van der Waals surface area contributed by atoms with Crippen molar-refractivity contribution in [1.29, 1.82) is 0 Å². The van der Waals surface area contributed by atoms with Crippen molar-refractivity contribution in [1.82, 2.24) is 0 Å². The zero-order chi connectivity index (χ0) is 18.5. The van der Waals surface area contributed by atoms with Gasteiger partial charge in [-0.2, -0.15) is 0 Å². The first kappa shape index (κ1) is 18.3. The summed E-state index contributed by atoms with van der Waals surface area (Å²) < 4.78 is 5.99. The van der Waals surface area contributed by atoms with Crippen LogP contribution >= 0.6 is 11.6 Å². The van der Waals surface area contributed by atoms with Gasteiger partial charge in [0.2, 0.25) is 0 Å². The normalized spacial score (nSPS) is 17.6. The summed E-state index contributed by atoms with van der Waals surface area (Å²) in [4.78, 5) is 4.76. The smallest absolute Gasteiger partial charge is 0.120 e. The minimum atomic E-state index is 0.554. The lowest BCUT2D eigenvalue weighted by atomic mass is 9.88. The molecule has 0 amide bonds. The molecule has 0 unspecified atom stereocenters. The fourth-order valence-corrected chi connectivity index (χ4v) is 4.07. The first-order valence-electron chi connectivity index (χ1n) is 10.0. The van der Waals surface area contributed by atoms with Crippen molar-refractivity contribution in [3.05, 3.63) is 76.3 Å². The molecular weight excluding hydrogens is 354 g/mol. The van der Waals surface area contributed by atoms with Gasteiger partial charge in [0.25, 0.3) is 0 Å². The van der Waals surface area contributed by atoms with Crippen LogP contribution in [0.5, 0.6) is 5.75 Å². The van der Waals surface area contributed by atoms with Crippen LogP contribution in [0.3, 0.4) is 0 Å². The first-order valence-corrected chi connectivity index (χ1v) is 10.4. The van der Waals surface area contributed by atoms with Gasteiger partial charge in [0, 0.05) is 17.1 Å². The Bertz CT molecular complexity index is 832. The molecule has 2 aromatic rings. The van der Waals surface area contributed by atoms with Crippen molar-refractivity contribution in [3.8, 4) is 5.75 Å². The van der Waals surface area contributed by atoms with Crippen molar-refractivity contribution < 1.29 is 4.74 Å². The van der Waals surface area contributed by atoms with Crippen LogP contribution in [0.4, 0.5) is 0 Å². The summed E-state index contributed by atoms with van der Waals surface area (Å²) in [6, 6.07) is 14.2. The first-order chi connectivity index (χ1) is 13.3. The van der Waals surface area contributed by atoms with Crippen LogP contribution in [0.25, 0.3) is 0 Å². The van der Waals surface area contributed by atoms with E-state index < -0.39 is 0 Å². The summed E-state index contributed by atoms with van der Waals surface area (Å²) >= 11 is 5.94. The van der Waals surface area contributed by atoms with Crippen molar-refractivity contribution in [2.75, 3.05) is 6.54 Å². The molecule has 1 aliphatic carbocycles. The zero-order valence-corrected chi connectivity index (χ0v) is 16.4. The molecule has 0 spiro atoms. The molecule has 0 saturated heterocycles. The number of nitrogens with zero attached hydrogens (tertiary/aromatic N) is 1. The number of fused-ring (bicyclic) bond motifs is 1. The fourth-order valence-electron chi connectivity index (χ4n) is 3.94. The van der Waals surface area contributed by atoms with Gasteiger partial charge in [-0.05, 0) is 72.7 Å². The number of allylic oxidation sites excluding steroid dienone is 2. The Morgan fingerprint density at radius 1 is 1.04 bits per heavy atom. The van der Waals surface area contributed by atoms with E-state index in [1.165, 1.54) is 43.2 Å². The maximum Gasteiger partial charge on any atom is 0.120 e. The lowest BCUT2D eigenvalue weighted by Crippen LogP contribution is -2.12. The van der Waals surface area contributed by atoms with Gasteiger partial charge < -0.3 is 4.74 Å². The van der Waals surface area contributed by atoms with Crippen molar-refractivity contribution in [2.45, 2.75) is 45.1 Å². The Balaban J connectivity index is 1.43. The quantitative estimate of drug-likeness (QED) is 0.588. The molecule has 0 radical (unpaired) electrons. The van der Waals surface area contributed by atoms with E-state index in [0.29, 0.717) is 6.61 Å². The van der Waals surface area contributed by atoms with E-state index in [4.69, 9.17) is 21.3 Å². The van der Waals surface area contributed by atoms with Gasteiger partial charge in [0.1, 0.15) is 12.4 Å². The molecule has 0 aromatic heterocycles. The highest BCUT2D eigenvalue weighted by Gasteiger charge is 2.15. The molecule has 1 heterocycles. The topological polar surface area (TPSA) is 21.6 Å². The van der Waals surface area contributed by atoms with E-state index in [1.54, 1.807) is 0 Å². The van der Waals surface area contributed by atoms with Gasteiger partial charge in [0.15, 0.2) is 0 Å². The molecule has 2 nitrogen and oxygen atoms in total. The van der Waals surface area contributed by atoms with E-state index in [2.05, 4.69) is 30.4 Å². The summed E-state index contributed by atoms with van der Waals surface area (Å²) in [6.07, 6.45) is 12.4. The average molecular weight is 380 g/mol. The maximum absolute atomic E-state index is 5.99. The molecule has 0 atom stereocenters. The van der Waals surface area contributed by atoms with Gasteiger partial charge in [-0.25, -0.2) is 0 Å². The van der Waals surface area contributed by atoms with Gasteiger partial charge in [-0.3, -0.25) is 4.99 Å². The molecule has 27 heavy (non-hydrogen) atoms. The summed E-state index contributed by atoms with van der Waals surface area (Å²) in [7, 11) is 0. The molecule has 140 valence electrons. The summed E-state index contributed by atoms with van der Waals surface area (Å²) in [6.45, 7) is 1.41. The highest BCUT2D eigenvalue weighted by Crippen LogP contribution is 2.27. The highest BCUT2D eigenvalue weighted by atomic mass is 35.5. The molecule has 1 aliphatic heterocycles. The largest absolute Gasteiger partial charge is 0.489 e. The summed E-state index contributed by atoms with van der Waals surface area (Å²) in [5, 5.41) is 0.751. The Hall–Kier alpha value is -2.06. The summed E-state index contributed by atoms with van der Waals surface area (Å²) in [5.41, 5.74) is 4.84. The molecule has 3 heteroatoms. The number of ether oxygens (including phenoxy) is 1. The Kier molecular flexibility index (Phi) is 5.94. The number of aliphatic imine (C=N–C) groups is 1. The van der Waals surface area contributed by atoms with E-state index in [1.807, 2.05) is 24.3 Å². The minimum absolute atomic E-state index is 0.554. The van der Waals surface area contributed by atoms with Crippen LogP contribution in [-0.2, 0) is 13.0 Å². The second kappa shape index (κ2) is 8.75. The van der Waals surface area contributed by atoms with E-state index >= 15 is 0 Å². The summed E-state index contributed by atoms with van der Waals surface area (Å²) in [5.74, 6) is 1.65. The fraction of sp³-hybridized carbons (Fsp3) is 0.375. The third-order valence-corrected chi connectivity index (χ3v) is 5.76. The van der Waals surface area contributed by atoms with Crippen LogP contribution in [0.2, 0.25) is 5.02 Å². The van der Waals surface area contributed by atoms with Crippen LogP contribution in [-0.4, -0.2) is 12.3 Å². The predicted octanol–water partition coefficient (Wildman–Crippen LogP) is 6.40. The number of halogens is 1. The number of hydrogen-bond acceptors (Lipinski definition) is 2. The third kappa shape index (κ3) is 4.81.